The zero-order chi connectivity index (χ0) is 32.8. The molecule has 6 heterocycles. The Morgan fingerprint density at radius 2 is 0.644 bits per heavy atom. The van der Waals surface area contributed by atoms with Gasteiger partial charge in [0.25, 0.3) is 0 Å². The van der Waals surface area contributed by atoms with E-state index in [-0.39, 0.29) is 0 Å². The SMILES string of the molecule is C1CCCNCC1.C1CCNC1.C1CCNCC1.CC(C)c1ccncn1.CC(C)c1ccncn1.CC(C)c1ccncn1. The highest BCUT2D eigenvalue weighted by Gasteiger charge is 1.98. The first-order chi connectivity index (χ1) is 21.9. The molecule has 3 N–H and O–H groups in total. The van der Waals surface area contributed by atoms with Gasteiger partial charge in [0.15, 0.2) is 0 Å². The highest BCUT2D eigenvalue weighted by Crippen LogP contribution is 2.09. The van der Waals surface area contributed by atoms with E-state index in [0.717, 1.165) is 17.1 Å². The molecule has 6 rings (SSSR count). The summed E-state index contributed by atoms with van der Waals surface area (Å²) in [6.07, 6.45) is 22.7. The molecule has 0 saturated carbocycles. The van der Waals surface area contributed by atoms with Crippen molar-refractivity contribution in [3.05, 3.63) is 72.9 Å². The monoisotopic (exact) mass is 622 g/mol. The fraction of sp³-hybridized carbons (Fsp3) is 0.667. The van der Waals surface area contributed by atoms with E-state index in [1.54, 1.807) is 37.6 Å². The summed E-state index contributed by atoms with van der Waals surface area (Å²) in [6, 6.07) is 5.81. The molecule has 9 nitrogen and oxygen atoms in total. The first-order valence-corrected chi connectivity index (χ1v) is 17.3. The molecule has 252 valence electrons. The molecule has 0 atom stereocenters. The summed E-state index contributed by atoms with van der Waals surface area (Å²) in [4.78, 5) is 23.7. The lowest BCUT2D eigenvalue weighted by atomic mass is 10.1. The largest absolute Gasteiger partial charge is 0.317 e. The molecule has 3 aliphatic rings. The Morgan fingerprint density at radius 3 is 0.822 bits per heavy atom. The normalized spacial score (nSPS) is 15.7. The smallest absolute Gasteiger partial charge is 0.115 e. The van der Waals surface area contributed by atoms with Crippen LogP contribution in [0.2, 0.25) is 0 Å². The summed E-state index contributed by atoms with van der Waals surface area (Å²) in [5.74, 6) is 1.52. The highest BCUT2D eigenvalue weighted by molar-refractivity contribution is 5.03. The number of nitrogens with zero attached hydrogens (tertiary/aromatic N) is 6. The topological polar surface area (TPSA) is 113 Å². The molecule has 3 saturated heterocycles. The minimum atomic E-state index is 0.507. The highest BCUT2D eigenvalue weighted by atomic mass is 14.9. The van der Waals surface area contributed by atoms with Crippen LogP contribution in [0.4, 0.5) is 0 Å². The molecule has 3 aliphatic heterocycles. The van der Waals surface area contributed by atoms with Gasteiger partial charge in [0.2, 0.25) is 0 Å². The third kappa shape index (κ3) is 24.1. The number of aromatic nitrogens is 6. The lowest BCUT2D eigenvalue weighted by Gasteiger charge is -2.08. The van der Waals surface area contributed by atoms with Gasteiger partial charge in [-0.25, -0.2) is 29.9 Å². The van der Waals surface area contributed by atoms with Crippen LogP contribution in [0, 0.1) is 0 Å². The fourth-order valence-electron chi connectivity index (χ4n) is 4.33. The molecule has 0 bridgehead atoms. The molecule has 0 radical (unpaired) electrons. The minimum Gasteiger partial charge on any atom is -0.317 e. The maximum Gasteiger partial charge on any atom is 0.115 e. The van der Waals surface area contributed by atoms with Gasteiger partial charge in [-0.3, -0.25) is 0 Å². The second-order valence-corrected chi connectivity index (χ2v) is 12.3. The first kappa shape index (κ1) is 40.1. The van der Waals surface area contributed by atoms with Gasteiger partial charge >= 0.3 is 0 Å². The Hall–Kier alpha value is -2.88. The van der Waals surface area contributed by atoms with Crippen LogP contribution in [-0.2, 0) is 0 Å². The Kier molecular flexibility index (Phi) is 25.5. The lowest BCUT2D eigenvalue weighted by Crippen LogP contribution is -2.21. The van der Waals surface area contributed by atoms with E-state index in [1.165, 1.54) is 97.1 Å². The summed E-state index contributed by atoms with van der Waals surface area (Å²) in [7, 11) is 0. The van der Waals surface area contributed by atoms with E-state index in [4.69, 9.17) is 0 Å². The number of hydrogen-bond acceptors (Lipinski definition) is 9. The summed E-state index contributed by atoms with van der Waals surface area (Å²) in [5.41, 5.74) is 3.31. The van der Waals surface area contributed by atoms with Crippen molar-refractivity contribution in [2.45, 2.75) is 117 Å². The molecule has 3 aromatic heterocycles. The van der Waals surface area contributed by atoms with E-state index >= 15 is 0 Å². The number of hydrogen-bond donors (Lipinski definition) is 3. The van der Waals surface area contributed by atoms with Crippen LogP contribution in [-0.4, -0.2) is 69.2 Å². The van der Waals surface area contributed by atoms with E-state index in [1.807, 2.05) is 18.2 Å². The van der Waals surface area contributed by atoms with Gasteiger partial charge < -0.3 is 16.0 Å². The van der Waals surface area contributed by atoms with Crippen LogP contribution < -0.4 is 16.0 Å². The average molecular weight is 622 g/mol. The van der Waals surface area contributed by atoms with Gasteiger partial charge in [0.05, 0.1) is 0 Å². The Morgan fingerprint density at radius 1 is 0.400 bits per heavy atom. The maximum atomic E-state index is 4.07. The minimum absolute atomic E-state index is 0.507. The molecule has 3 aromatic rings. The van der Waals surface area contributed by atoms with Crippen molar-refractivity contribution in [1.29, 1.82) is 0 Å². The van der Waals surface area contributed by atoms with Crippen LogP contribution in [0.5, 0.6) is 0 Å². The fourth-order valence-corrected chi connectivity index (χ4v) is 4.33. The quantitative estimate of drug-likeness (QED) is 0.282. The molecule has 0 amide bonds. The summed E-state index contributed by atoms with van der Waals surface area (Å²) in [6.45, 7) is 20.2. The summed E-state index contributed by atoms with van der Waals surface area (Å²) >= 11 is 0. The number of piperidine rings is 1. The molecule has 45 heavy (non-hydrogen) atoms. The van der Waals surface area contributed by atoms with Gasteiger partial charge in [-0.15, -0.1) is 0 Å². The molecule has 0 spiro atoms. The first-order valence-electron chi connectivity index (χ1n) is 17.3. The predicted molar refractivity (Wildman–Crippen MR) is 189 cm³/mol. The van der Waals surface area contributed by atoms with Crippen LogP contribution in [0.3, 0.4) is 0 Å². The molecule has 9 heteroatoms. The van der Waals surface area contributed by atoms with Crippen LogP contribution in [0.15, 0.2) is 55.8 Å². The summed E-state index contributed by atoms with van der Waals surface area (Å²) < 4.78 is 0. The van der Waals surface area contributed by atoms with E-state index in [2.05, 4.69) is 87.4 Å². The van der Waals surface area contributed by atoms with Gasteiger partial charge in [0.1, 0.15) is 19.0 Å². The van der Waals surface area contributed by atoms with Crippen LogP contribution >= 0.6 is 0 Å². The van der Waals surface area contributed by atoms with E-state index in [9.17, 15) is 0 Å². The molecule has 0 aromatic carbocycles. The van der Waals surface area contributed by atoms with Crippen molar-refractivity contribution < 1.29 is 0 Å². The van der Waals surface area contributed by atoms with Crippen LogP contribution in [0.25, 0.3) is 0 Å². The third-order valence-corrected chi connectivity index (χ3v) is 7.21. The van der Waals surface area contributed by atoms with Crippen molar-refractivity contribution in [1.82, 2.24) is 45.9 Å². The van der Waals surface area contributed by atoms with Crippen molar-refractivity contribution in [2.24, 2.45) is 0 Å². The van der Waals surface area contributed by atoms with E-state index in [0.29, 0.717) is 17.8 Å². The van der Waals surface area contributed by atoms with Crippen molar-refractivity contribution in [2.75, 3.05) is 39.3 Å². The molecular formula is C36H63N9. The zero-order valence-corrected chi connectivity index (χ0v) is 29.2. The second kappa shape index (κ2) is 28.6. The summed E-state index contributed by atoms with van der Waals surface area (Å²) in [5, 5.41) is 9.85. The second-order valence-electron chi connectivity index (χ2n) is 12.3. The average Bonchev–Trinajstić information content (AvgIpc) is 3.55. The van der Waals surface area contributed by atoms with Crippen molar-refractivity contribution >= 4 is 0 Å². The number of nitrogens with one attached hydrogen (secondary N) is 3. The molecular weight excluding hydrogens is 558 g/mol. The van der Waals surface area contributed by atoms with Crippen molar-refractivity contribution in [3.63, 3.8) is 0 Å². The van der Waals surface area contributed by atoms with Gasteiger partial charge in [-0.05, 0) is 114 Å². The maximum absolute atomic E-state index is 4.07. The third-order valence-electron chi connectivity index (χ3n) is 7.21. The predicted octanol–water partition coefficient (Wildman–Crippen LogP) is 7.08. The number of rotatable bonds is 3. The molecule has 3 fully saturated rings. The standard InChI is InChI=1S/3C7H10N2.C6H13N.C5H11N.C4H9N/c3*1-6(2)7-3-4-8-5-9-7;1-2-4-6-7-5-3-1;1-2-4-6-5-3-1;1-2-4-5-3-1/h3*3-6H,1-2H3;7H,1-6H2;6H,1-5H2;5H,1-4H2. The van der Waals surface area contributed by atoms with Crippen molar-refractivity contribution in [3.8, 4) is 0 Å². The molecule has 0 aliphatic carbocycles. The van der Waals surface area contributed by atoms with Gasteiger partial charge in [-0.1, -0.05) is 60.8 Å². The van der Waals surface area contributed by atoms with E-state index < -0.39 is 0 Å². The van der Waals surface area contributed by atoms with Crippen LogP contribution in [0.1, 0.15) is 134 Å². The Bertz CT molecular complexity index is 853. The lowest BCUT2D eigenvalue weighted by molar-refractivity contribution is 0.520. The Labute approximate surface area is 274 Å². The molecule has 0 unspecified atom stereocenters. The zero-order valence-electron chi connectivity index (χ0n) is 29.2. The van der Waals surface area contributed by atoms with Gasteiger partial charge in [-0.2, -0.15) is 0 Å². The Balaban J connectivity index is 0.000000273. The van der Waals surface area contributed by atoms with Gasteiger partial charge in [0, 0.05) is 35.7 Å².